The molecule has 0 aromatic carbocycles. The molecule has 0 amide bonds. The van der Waals surface area contributed by atoms with E-state index in [0.717, 1.165) is 12.8 Å². The van der Waals surface area contributed by atoms with Gasteiger partial charge in [0.2, 0.25) is 0 Å². The molecule has 0 fully saturated rings. The lowest BCUT2D eigenvalue weighted by Crippen LogP contribution is -2.37. The summed E-state index contributed by atoms with van der Waals surface area (Å²) in [6.45, 7) is 0.0320. The molecule has 0 bridgehead atoms. The lowest BCUT2D eigenvalue weighted by atomic mass is 9.75. The van der Waals surface area contributed by atoms with E-state index < -0.39 is 0 Å². The zero-order valence-corrected chi connectivity index (χ0v) is 7.89. The summed E-state index contributed by atoms with van der Waals surface area (Å²) in [5, 5.41) is 18.0. The predicted molar refractivity (Wildman–Crippen MR) is 51.0 cm³/mol. The number of nitriles is 1. The van der Waals surface area contributed by atoms with Gasteiger partial charge in [-0.1, -0.05) is 12.2 Å². The van der Waals surface area contributed by atoms with E-state index in [1.165, 1.54) is 6.26 Å². The van der Waals surface area contributed by atoms with Crippen molar-refractivity contribution in [2.75, 3.05) is 6.61 Å². The smallest absolute Gasteiger partial charge is 0.125 e. The van der Waals surface area contributed by atoms with E-state index in [4.69, 9.17) is 15.1 Å². The van der Waals surface area contributed by atoms with E-state index in [-0.39, 0.29) is 24.5 Å². The van der Waals surface area contributed by atoms with Crippen LogP contribution in [0.5, 0.6) is 0 Å². The van der Waals surface area contributed by atoms with E-state index in [0.29, 0.717) is 5.57 Å². The van der Waals surface area contributed by atoms with Crippen molar-refractivity contribution in [2.45, 2.75) is 18.9 Å². The van der Waals surface area contributed by atoms with Crippen molar-refractivity contribution in [2.24, 2.45) is 11.8 Å². The molecule has 74 valence electrons. The van der Waals surface area contributed by atoms with Crippen molar-refractivity contribution in [1.29, 1.82) is 5.26 Å². The van der Waals surface area contributed by atoms with Gasteiger partial charge in [-0.3, -0.25) is 0 Å². The van der Waals surface area contributed by atoms with Crippen LogP contribution >= 0.6 is 0 Å². The highest BCUT2D eigenvalue weighted by Crippen LogP contribution is 2.37. The number of nitrogens with zero attached hydrogens (tertiary/aromatic N) is 1. The SMILES string of the molecule is N#CC1=COC(CO)C2CC=CCC12. The Hall–Kier alpha value is -1.27. The quantitative estimate of drug-likeness (QED) is 0.637. The fourth-order valence-electron chi connectivity index (χ4n) is 2.24. The molecule has 3 unspecified atom stereocenters. The summed E-state index contributed by atoms with van der Waals surface area (Å²) in [7, 11) is 0. The number of aliphatic hydroxyl groups excluding tert-OH is 1. The topological polar surface area (TPSA) is 53.2 Å². The number of allylic oxidation sites excluding steroid dienone is 3. The first-order valence-corrected chi connectivity index (χ1v) is 4.88. The van der Waals surface area contributed by atoms with E-state index in [2.05, 4.69) is 18.2 Å². The van der Waals surface area contributed by atoms with Gasteiger partial charge in [-0.15, -0.1) is 0 Å². The minimum atomic E-state index is -0.137. The lowest BCUT2D eigenvalue weighted by molar-refractivity contribution is -0.0000735. The molecule has 3 atom stereocenters. The second-order valence-corrected chi connectivity index (χ2v) is 3.76. The number of hydrogen-bond acceptors (Lipinski definition) is 3. The van der Waals surface area contributed by atoms with Gasteiger partial charge in [0.05, 0.1) is 24.5 Å². The van der Waals surface area contributed by atoms with Gasteiger partial charge in [0.15, 0.2) is 0 Å². The highest BCUT2D eigenvalue weighted by molar-refractivity contribution is 5.27. The Labute approximate surface area is 83.3 Å². The van der Waals surface area contributed by atoms with Gasteiger partial charge in [0.1, 0.15) is 6.10 Å². The molecule has 1 aliphatic heterocycles. The number of ether oxygens (including phenoxy) is 1. The van der Waals surface area contributed by atoms with Crippen molar-refractivity contribution < 1.29 is 9.84 Å². The summed E-state index contributed by atoms with van der Waals surface area (Å²) in [4.78, 5) is 0. The zero-order chi connectivity index (χ0) is 9.97. The fraction of sp³-hybridized carbons (Fsp3) is 0.545. The molecule has 1 aliphatic carbocycles. The second kappa shape index (κ2) is 3.85. The standard InChI is InChI=1S/C11H13NO2/c12-5-8-7-14-11(6-13)10-4-2-1-3-9(8)10/h1-2,7,9-11,13H,3-4,6H2. The molecule has 0 aromatic rings. The molecule has 0 saturated heterocycles. The van der Waals surface area contributed by atoms with Crippen LogP contribution in [0.4, 0.5) is 0 Å². The van der Waals surface area contributed by atoms with E-state index in [1.807, 2.05) is 0 Å². The Bertz CT molecular complexity index is 314. The minimum Gasteiger partial charge on any atom is -0.494 e. The van der Waals surface area contributed by atoms with Crippen molar-refractivity contribution in [3.63, 3.8) is 0 Å². The van der Waals surface area contributed by atoms with Gasteiger partial charge in [0.25, 0.3) is 0 Å². The normalized spacial score (nSPS) is 35.1. The van der Waals surface area contributed by atoms with Crippen LogP contribution in [-0.2, 0) is 4.74 Å². The first kappa shape index (κ1) is 9.29. The van der Waals surface area contributed by atoms with Crippen LogP contribution in [0.2, 0.25) is 0 Å². The Balaban J connectivity index is 2.25. The number of rotatable bonds is 1. The van der Waals surface area contributed by atoms with Gasteiger partial charge in [-0.2, -0.15) is 5.26 Å². The molecule has 1 N–H and O–H groups in total. The Kier molecular flexibility index (Phi) is 2.55. The molecule has 14 heavy (non-hydrogen) atoms. The fourth-order valence-corrected chi connectivity index (χ4v) is 2.24. The van der Waals surface area contributed by atoms with E-state index in [1.54, 1.807) is 0 Å². The molecule has 2 aliphatic rings. The molecular formula is C11H13NO2. The van der Waals surface area contributed by atoms with Crippen molar-refractivity contribution in [3.8, 4) is 6.07 Å². The molecule has 0 saturated carbocycles. The van der Waals surface area contributed by atoms with Crippen LogP contribution in [0.25, 0.3) is 0 Å². The average molecular weight is 191 g/mol. The Morgan fingerprint density at radius 1 is 1.50 bits per heavy atom. The Morgan fingerprint density at radius 2 is 2.29 bits per heavy atom. The second-order valence-electron chi connectivity index (χ2n) is 3.76. The molecule has 0 spiro atoms. The van der Waals surface area contributed by atoms with Crippen LogP contribution in [0, 0.1) is 23.2 Å². The largest absolute Gasteiger partial charge is 0.494 e. The number of hydrogen-bond donors (Lipinski definition) is 1. The third kappa shape index (κ3) is 1.42. The molecule has 0 radical (unpaired) electrons. The maximum absolute atomic E-state index is 9.13. The number of aliphatic hydroxyl groups is 1. The van der Waals surface area contributed by atoms with Crippen LogP contribution in [0.15, 0.2) is 24.0 Å². The summed E-state index contributed by atoms with van der Waals surface area (Å²) in [5.74, 6) is 0.514. The molecule has 3 heteroatoms. The summed E-state index contributed by atoms with van der Waals surface area (Å²) in [6.07, 6.45) is 7.38. The van der Waals surface area contributed by atoms with Gasteiger partial charge < -0.3 is 9.84 Å². The summed E-state index contributed by atoms with van der Waals surface area (Å²) < 4.78 is 5.33. The van der Waals surface area contributed by atoms with Crippen molar-refractivity contribution >= 4 is 0 Å². The van der Waals surface area contributed by atoms with Gasteiger partial charge in [0, 0.05) is 11.8 Å². The maximum Gasteiger partial charge on any atom is 0.125 e. The summed E-state index contributed by atoms with van der Waals surface area (Å²) in [5.41, 5.74) is 0.712. The molecule has 0 aromatic heterocycles. The maximum atomic E-state index is 9.13. The average Bonchev–Trinajstić information content (AvgIpc) is 2.27. The van der Waals surface area contributed by atoms with Gasteiger partial charge in [-0.25, -0.2) is 0 Å². The molecule has 3 nitrogen and oxygen atoms in total. The molecule has 1 heterocycles. The van der Waals surface area contributed by atoms with E-state index >= 15 is 0 Å². The third-order valence-electron chi connectivity index (χ3n) is 3.04. The lowest BCUT2D eigenvalue weighted by Gasteiger charge is -2.36. The monoisotopic (exact) mass is 191 g/mol. The van der Waals surface area contributed by atoms with Crippen LogP contribution in [0.3, 0.4) is 0 Å². The van der Waals surface area contributed by atoms with Crippen LogP contribution < -0.4 is 0 Å². The first-order valence-electron chi connectivity index (χ1n) is 4.88. The minimum absolute atomic E-state index is 0.0320. The Morgan fingerprint density at radius 3 is 3.00 bits per heavy atom. The molecular weight excluding hydrogens is 178 g/mol. The van der Waals surface area contributed by atoms with Gasteiger partial charge in [-0.05, 0) is 12.8 Å². The highest BCUT2D eigenvalue weighted by atomic mass is 16.5. The highest BCUT2D eigenvalue weighted by Gasteiger charge is 2.36. The van der Waals surface area contributed by atoms with Crippen LogP contribution in [-0.4, -0.2) is 17.8 Å². The third-order valence-corrected chi connectivity index (χ3v) is 3.04. The molecule has 2 rings (SSSR count). The van der Waals surface area contributed by atoms with Gasteiger partial charge >= 0.3 is 0 Å². The first-order chi connectivity index (χ1) is 6.86. The number of fused-ring (bicyclic) bond motifs is 1. The zero-order valence-electron chi connectivity index (χ0n) is 7.89. The summed E-state index contributed by atoms with van der Waals surface area (Å²) >= 11 is 0. The van der Waals surface area contributed by atoms with Crippen molar-refractivity contribution in [3.05, 3.63) is 24.0 Å². The van der Waals surface area contributed by atoms with Crippen LogP contribution in [0.1, 0.15) is 12.8 Å². The predicted octanol–water partition coefficient (Wildman–Crippen LogP) is 1.37. The van der Waals surface area contributed by atoms with E-state index in [9.17, 15) is 0 Å². The summed E-state index contributed by atoms with van der Waals surface area (Å²) in [6, 6.07) is 2.17. The van der Waals surface area contributed by atoms with Crippen molar-refractivity contribution in [1.82, 2.24) is 0 Å².